The maximum absolute atomic E-state index is 15.0. The van der Waals surface area contributed by atoms with E-state index in [4.69, 9.17) is 0 Å². The molecule has 3 aromatic carbocycles. The smallest absolute Gasteiger partial charge is 0.254 e. The van der Waals surface area contributed by atoms with E-state index in [0.29, 0.717) is 23.0 Å². The Morgan fingerprint density at radius 3 is 2.32 bits per heavy atom. The normalized spacial score (nSPS) is 15.0. The Balaban J connectivity index is 1.60. The third kappa shape index (κ3) is 6.26. The van der Waals surface area contributed by atoms with Gasteiger partial charge in [0.15, 0.2) is 0 Å². The summed E-state index contributed by atoms with van der Waals surface area (Å²) in [6, 6.07) is 26.7. The van der Waals surface area contributed by atoms with Crippen molar-refractivity contribution in [2.24, 2.45) is 0 Å². The largest absolute Gasteiger partial charge is 0.353 e. The van der Waals surface area contributed by atoms with Crippen LogP contribution in [0.5, 0.6) is 0 Å². The van der Waals surface area contributed by atoms with Crippen molar-refractivity contribution in [3.8, 4) is 6.07 Å². The van der Waals surface area contributed by atoms with E-state index in [-0.39, 0.29) is 28.4 Å². The van der Waals surface area contributed by atoms with Crippen LogP contribution in [0.1, 0.15) is 24.0 Å². The minimum Gasteiger partial charge on any atom is -0.353 e. The summed E-state index contributed by atoms with van der Waals surface area (Å²) in [6.45, 7) is 2.09. The summed E-state index contributed by atoms with van der Waals surface area (Å²) < 4.78 is 15.0. The van der Waals surface area contributed by atoms with Gasteiger partial charge in [-0.3, -0.25) is 9.59 Å². The van der Waals surface area contributed by atoms with Crippen molar-refractivity contribution in [2.45, 2.75) is 19.4 Å². The molecule has 0 aromatic heterocycles. The van der Waals surface area contributed by atoms with E-state index in [2.05, 4.69) is 22.0 Å². The fraction of sp³-hybridized carbons (Fsp3) is 0.138. The number of carbonyl (C=O) groups excluding carboxylic acids is 2. The average Bonchev–Trinajstić information content (AvgIpc) is 2.91. The standard InChI is InChI=1S/C29H25FN4O2S/c1-19-26(28(36)34-21-12-6-3-7-13-21)27(22-14-8-9-15-24(22)30)23(16-31)29(33-19)37-18-25(35)32-17-20-10-4-2-5-11-20/h2-15,27,33H,17-18H2,1H3,(H,32,35)(H,34,36). The second-order valence-corrected chi connectivity index (χ2v) is 9.33. The number of carbonyl (C=O) groups is 2. The van der Waals surface area contributed by atoms with E-state index < -0.39 is 17.6 Å². The Morgan fingerprint density at radius 2 is 1.65 bits per heavy atom. The van der Waals surface area contributed by atoms with Crippen LogP contribution in [0.2, 0.25) is 0 Å². The van der Waals surface area contributed by atoms with Crippen LogP contribution < -0.4 is 16.0 Å². The van der Waals surface area contributed by atoms with Crippen LogP contribution in [-0.2, 0) is 16.1 Å². The number of para-hydroxylation sites is 1. The Hall–Kier alpha value is -4.35. The second kappa shape index (κ2) is 12.1. The first-order valence-electron chi connectivity index (χ1n) is 11.6. The van der Waals surface area contributed by atoms with Crippen molar-refractivity contribution in [2.75, 3.05) is 11.1 Å². The second-order valence-electron chi connectivity index (χ2n) is 8.34. The number of anilines is 1. The van der Waals surface area contributed by atoms with Gasteiger partial charge in [-0.05, 0) is 30.7 Å². The van der Waals surface area contributed by atoms with Gasteiger partial charge < -0.3 is 16.0 Å². The lowest BCUT2D eigenvalue weighted by Gasteiger charge is -2.30. The third-order valence-electron chi connectivity index (χ3n) is 5.82. The molecule has 1 aliphatic heterocycles. The maximum atomic E-state index is 15.0. The molecule has 1 atom stereocenters. The predicted octanol–water partition coefficient (Wildman–Crippen LogP) is 5.21. The number of nitrogens with zero attached hydrogens (tertiary/aromatic N) is 1. The fourth-order valence-electron chi connectivity index (χ4n) is 4.05. The molecule has 0 saturated heterocycles. The molecular weight excluding hydrogens is 487 g/mol. The van der Waals surface area contributed by atoms with Crippen LogP contribution in [0.25, 0.3) is 0 Å². The van der Waals surface area contributed by atoms with Crippen molar-refractivity contribution in [3.05, 3.63) is 124 Å². The van der Waals surface area contributed by atoms with Gasteiger partial charge >= 0.3 is 0 Å². The molecule has 1 unspecified atom stereocenters. The molecule has 0 aliphatic carbocycles. The van der Waals surface area contributed by atoms with Crippen LogP contribution >= 0.6 is 11.8 Å². The molecule has 37 heavy (non-hydrogen) atoms. The van der Waals surface area contributed by atoms with Crippen molar-refractivity contribution < 1.29 is 14.0 Å². The maximum Gasteiger partial charge on any atom is 0.254 e. The molecule has 4 rings (SSSR count). The SMILES string of the molecule is CC1=C(C(=O)Nc2ccccc2)C(c2ccccc2F)C(C#N)=C(SCC(=O)NCc2ccccc2)N1. The average molecular weight is 513 g/mol. The zero-order chi connectivity index (χ0) is 26.2. The highest BCUT2D eigenvalue weighted by Crippen LogP contribution is 2.41. The molecule has 3 aromatic rings. The predicted molar refractivity (Wildman–Crippen MR) is 143 cm³/mol. The lowest BCUT2D eigenvalue weighted by atomic mass is 9.82. The zero-order valence-electron chi connectivity index (χ0n) is 20.1. The molecule has 0 saturated carbocycles. The van der Waals surface area contributed by atoms with Crippen molar-refractivity contribution >= 4 is 29.3 Å². The molecule has 0 fully saturated rings. The summed E-state index contributed by atoms with van der Waals surface area (Å²) in [7, 11) is 0. The summed E-state index contributed by atoms with van der Waals surface area (Å²) in [4.78, 5) is 25.9. The van der Waals surface area contributed by atoms with Crippen molar-refractivity contribution in [1.29, 1.82) is 5.26 Å². The third-order valence-corrected chi connectivity index (χ3v) is 6.84. The van der Waals surface area contributed by atoms with E-state index in [1.807, 2.05) is 36.4 Å². The first-order valence-corrected chi connectivity index (χ1v) is 12.6. The molecule has 1 heterocycles. The Kier molecular flexibility index (Phi) is 8.39. The van der Waals surface area contributed by atoms with Crippen LogP contribution in [0, 0.1) is 17.1 Å². The minimum absolute atomic E-state index is 0.0448. The van der Waals surface area contributed by atoms with E-state index in [1.165, 1.54) is 6.07 Å². The summed E-state index contributed by atoms with van der Waals surface area (Å²) in [5.74, 6) is -2.07. The number of nitrogens with one attached hydrogen (secondary N) is 3. The minimum atomic E-state index is -0.939. The number of allylic oxidation sites excluding steroid dienone is 2. The Morgan fingerprint density at radius 1 is 1.00 bits per heavy atom. The Labute approximate surface area is 219 Å². The van der Waals surface area contributed by atoms with Gasteiger partial charge in [-0.25, -0.2) is 4.39 Å². The van der Waals surface area contributed by atoms with Crippen LogP contribution in [-0.4, -0.2) is 17.6 Å². The fourth-order valence-corrected chi connectivity index (χ4v) is 4.97. The van der Waals surface area contributed by atoms with Crippen molar-refractivity contribution in [1.82, 2.24) is 10.6 Å². The Bertz CT molecular complexity index is 1400. The van der Waals surface area contributed by atoms with Crippen LogP contribution in [0.4, 0.5) is 10.1 Å². The van der Waals surface area contributed by atoms with Gasteiger partial charge in [0.05, 0.1) is 28.3 Å². The summed E-state index contributed by atoms with van der Waals surface area (Å²) in [5.41, 5.74) is 2.66. The zero-order valence-corrected chi connectivity index (χ0v) is 20.9. The number of hydrogen-bond acceptors (Lipinski definition) is 5. The summed E-state index contributed by atoms with van der Waals surface area (Å²) in [6.07, 6.45) is 0. The molecule has 1 aliphatic rings. The van der Waals surface area contributed by atoms with Gasteiger partial charge in [-0.15, -0.1) is 0 Å². The quantitative estimate of drug-likeness (QED) is 0.385. The molecule has 186 valence electrons. The highest BCUT2D eigenvalue weighted by molar-refractivity contribution is 8.03. The molecule has 6 nitrogen and oxygen atoms in total. The molecule has 0 spiro atoms. The van der Waals surface area contributed by atoms with Gasteiger partial charge in [0, 0.05) is 29.1 Å². The van der Waals surface area contributed by atoms with Gasteiger partial charge in [-0.2, -0.15) is 5.26 Å². The van der Waals surface area contributed by atoms with Crippen molar-refractivity contribution in [3.63, 3.8) is 0 Å². The van der Waals surface area contributed by atoms with E-state index >= 15 is 0 Å². The molecule has 0 bridgehead atoms. The number of hydrogen-bond donors (Lipinski definition) is 3. The lowest BCUT2D eigenvalue weighted by Crippen LogP contribution is -2.32. The topological polar surface area (TPSA) is 94.0 Å². The summed E-state index contributed by atoms with van der Waals surface area (Å²) >= 11 is 1.14. The van der Waals surface area contributed by atoms with Gasteiger partial charge in [0.2, 0.25) is 5.91 Å². The van der Waals surface area contributed by atoms with Gasteiger partial charge in [0.25, 0.3) is 5.91 Å². The van der Waals surface area contributed by atoms with E-state index in [9.17, 15) is 19.2 Å². The first kappa shape index (κ1) is 25.7. The number of dihydropyridines is 1. The number of thioether (sulfide) groups is 1. The number of amides is 2. The van der Waals surface area contributed by atoms with E-state index in [1.54, 1.807) is 49.4 Å². The van der Waals surface area contributed by atoms with Crippen LogP contribution in [0.15, 0.2) is 107 Å². The number of rotatable bonds is 8. The molecule has 8 heteroatoms. The monoisotopic (exact) mass is 512 g/mol. The number of benzene rings is 3. The molecule has 0 radical (unpaired) electrons. The lowest BCUT2D eigenvalue weighted by molar-refractivity contribution is -0.118. The molecule has 2 amide bonds. The number of halogens is 1. The highest BCUT2D eigenvalue weighted by Gasteiger charge is 2.36. The molecular formula is C29H25FN4O2S. The van der Waals surface area contributed by atoms with Crippen LogP contribution in [0.3, 0.4) is 0 Å². The first-order chi connectivity index (χ1) is 18.0. The highest BCUT2D eigenvalue weighted by atomic mass is 32.2. The number of nitriles is 1. The van der Waals surface area contributed by atoms with E-state index in [0.717, 1.165) is 17.3 Å². The summed E-state index contributed by atoms with van der Waals surface area (Å²) in [5, 5.41) is 19.4. The van der Waals surface area contributed by atoms with Gasteiger partial charge in [0.1, 0.15) is 5.82 Å². The molecule has 3 N–H and O–H groups in total. The van der Waals surface area contributed by atoms with Gasteiger partial charge in [-0.1, -0.05) is 78.5 Å².